The topological polar surface area (TPSA) is 236 Å². The molecule has 0 radical (unpaired) electrons. The normalized spacial score (nSPS) is 12.9. The van der Waals surface area contributed by atoms with E-state index < -0.39 is 51.1 Å². The number of aromatic nitrogens is 6. The summed E-state index contributed by atoms with van der Waals surface area (Å²) in [7, 11) is 1.91. The Morgan fingerprint density at radius 3 is 2.05 bits per heavy atom. The number of carbonyl (C=O) groups is 2. The number of carbonyl (C=O) groups excluding carboxylic acids is 2. The van der Waals surface area contributed by atoms with E-state index in [-0.39, 0.29) is 24.1 Å². The molecule has 0 spiro atoms. The number of ether oxygens (including phenoxy) is 2. The molecule has 232 valence electrons. The molecule has 4 heterocycles. The third-order valence-electron chi connectivity index (χ3n) is 5.54. The number of aryl methyl sites for hydroxylation is 1. The Balaban J connectivity index is 0.000000325. The number of nitrogens with zero attached hydrogens (tertiary/aromatic N) is 5. The number of fused-ring (bicyclic) bond motifs is 2. The van der Waals surface area contributed by atoms with Crippen molar-refractivity contribution in [2.24, 2.45) is 19.1 Å². The lowest BCUT2D eigenvalue weighted by atomic mass is 10.2. The van der Waals surface area contributed by atoms with Crippen molar-refractivity contribution in [1.29, 1.82) is 0 Å². The van der Waals surface area contributed by atoms with E-state index >= 15 is 0 Å². The van der Waals surface area contributed by atoms with Crippen molar-refractivity contribution in [2.45, 2.75) is 39.8 Å². The first kappa shape index (κ1) is 35.4. The second-order valence-electron chi connectivity index (χ2n) is 8.44. The second kappa shape index (κ2) is 14.3. The van der Waals surface area contributed by atoms with Gasteiger partial charge in [0, 0.05) is 26.7 Å². The Hall–Kier alpha value is -4.65. The number of rotatable bonds is 5. The first-order valence-corrected chi connectivity index (χ1v) is 13.4. The molecule has 4 rings (SSSR count). The van der Waals surface area contributed by atoms with E-state index in [0.717, 1.165) is 13.4 Å². The molecular weight excluding hydrogens is 582 g/mol. The fraction of sp³-hybridized carbons (Fsp3) is 0.478. The highest BCUT2D eigenvalue weighted by Crippen LogP contribution is 2.16. The molecule has 0 bridgehead atoms. The van der Waals surface area contributed by atoms with Gasteiger partial charge in [0.2, 0.25) is 0 Å². The van der Waals surface area contributed by atoms with Crippen molar-refractivity contribution in [1.82, 2.24) is 28.7 Å². The van der Waals surface area contributed by atoms with Gasteiger partial charge in [-0.1, -0.05) is 7.43 Å². The minimum Gasteiger partial charge on any atom is -0.467 e. The van der Waals surface area contributed by atoms with Crippen LogP contribution in [0.15, 0.2) is 30.5 Å². The highest BCUT2D eigenvalue weighted by Gasteiger charge is 2.21. The van der Waals surface area contributed by atoms with Gasteiger partial charge in [0.1, 0.15) is 11.9 Å². The number of aliphatic imine (C=N–C) groups is 1. The number of H-pyrrole nitrogens is 2. The van der Waals surface area contributed by atoms with Crippen molar-refractivity contribution >= 4 is 45.3 Å². The number of imidazole rings is 1. The molecule has 1 aliphatic rings. The first-order valence-electron chi connectivity index (χ1n) is 11.6. The maximum Gasteiger partial charge on any atom is 0.336 e. The molecule has 19 heteroatoms. The summed E-state index contributed by atoms with van der Waals surface area (Å²) in [5.41, 5.74) is -0.931. The van der Waals surface area contributed by atoms with Gasteiger partial charge in [-0.2, -0.15) is 8.42 Å². The highest BCUT2D eigenvalue weighted by atomic mass is 32.2. The van der Waals surface area contributed by atoms with Crippen LogP contribution >= 0.6 is 0 Å². The van der Waals surface area contributed by atoms with Crippen molar-refractivity contribution in [3.63, 3.8) is 0 Å². The van der Waals surface area contributed by atoms with Gasteiger partial charge < -0.3 is 14.0 Å². The van der Waals surface area contributed by atoms with Crippen molar-refractivity contribution in [3.8, 4) is 0 Å². The summed E-state index contributed by atoms with van der Waals surface area (Å²) in [5.74, 6) is -0.735. The van der Waals surface area contributed by atoms with E-state index in [0.29, 0.717) is 17.8 Å². The Kier molecular flexibility index (Phi) is 12.0. The molecule has 1 aliphatic heterocycles. The molecule has 2 N–H and O–H groups in total. The van der Waals surface area contributed by atoms with E-state index in [1.54, 1.807) is 20.2 Å². The van der Waals surface area contributed by atoms with E-state index in [1.165, 1.54) is 41.1 Å². The van der Waals surface area contributed by atoms with E-state index in [1.807, 2.05) is 0 Å². The van der Waals surface area contributed by atoms with Gasteiger partial charge in [0.15, 0.2) is 17.3 Å². The minimum absolute atomic E-state index is 0. The van der Waals surface area contributed by atoms with Crippen LogP contribution in [0.2, 0.25) is 0 Å². The molecule has 0 aliphatic carbocycles. The summed E-state index contributed by atoms with van der Waals surface area (Å²) in [6.07, 6.45) is 3.26. The molecule has 3 aromatic rings. The number of methoxy groups -OCH3 is 2. The summed E-state index contributed by atoms with van der Waals surface area (Å²) < 4.78 is 37.9. The predicted molar refractivity (Wildman–Crippen MR) is 151 cm³/mol. The van der Waals surface area contributed by atoms with Gasteiger partial charge in [-0.15, -0.1) is 0 Å². The number of aromatic amines is 2. The Morgan fingerprint density at radius 1 is 0.952 bits per heavy atom. The lowest BCUT2D eigenvalue weighted by Gasteiger charge is -2.11. The van der Waals surface area contributed by atoms with Crippen LogP contribution in [0.5, 0.6) is 0 Å². The minimum atomic E-state index is -3.58. The first-order chi connectivity index (χ1) is 19.0. The molecule has 18 nitrogen and oxygen atoms in total. The maximum atomic E-state index is 11.8. The highest BCUT2D eigenvalue weighted by molar-refractivity contribution is 7.86. The molecule has 0 saturated heterocycles. The largest absolute Gasteiger partial charge is 0.467 e. The maximum absolute atomic E-state index is 11.8. The SMILES string of the molecule is C.COC(=O)[C@@H](C)OS(C)(=O)=O.COC(=O)[C@H](C)n1cnc2c1c(=O)[nH]c(=O)n2C.Cn1c2c(c(=O)[nH]c1=O)CC=N2. The van der Waals surface area contributed by atoms with E-state index in [4.69, 9.17) is 0 Å². The summed E-state index contributed by atoms with van der Waals surface area (Å²) in [4.78, 5) is 79.7. The van der Waals surface area contributed by atoms with Gasteiger partial charge in [-0.05, 0) is 13.8 Å². The van der Waals surface area contributed by atoms with Crippen LogP contribution < -0.4 is 22.5 Å². The van der Waals surface area contributed by atoms with Crippen LogP contribution in [0.3, 0.4) is 0 Å². The predicted octanol–water partition coefficient (Wildman–Crippen LogP) is -1.35. The molecule has 0 saturated carbocycles. The number of nitrogens with one attached hydrogen (secondary N) is 2. The zero-order valence-corrected chi connectivity index (χ0v) is 24.0. The van der Waals surface area contributed by atoms with Crippen LogP contribution in [-0.2, 0) is 53.9 Å². The molecule has 0 amide bonds. The Labute approximate surface area is 238 Å². The van der Waals surface area contributed by atoms with Crippen LogP contribution in [-0.4, -0.2) is 81.8 Å². The zero-order chi connectivity index (χ0) is 31.2. The van der Waals surface area contributed by atoms with Crippen LogP contribution in [0.4, 0.5) is 5.82 Å². The van der Waals surface area contributed by atoms with Crippen molar-refractivity contribution in [3.05, 3.63) is 53.6 Å². The fourth-order valence-corrected chi connectivity index (χ4v) is 4.03. The molecular formula is C23H33N7O11S. The van der Waals surface area contributed by atoms with Crippen molar-refractivity contribution in [2.75, 3.05) is 20.5 Å². The average Bonchev–Trinajstić information content (AvgIpc) is 3.58. The van der Waals surface area contributed by atoms with Gasteiger partial charge in [0.25, 0.3) is 21.2 Å². The Bertz CT molecular complexity index is 1830. The number of hydrogen-bond acceptors (Lipinski definition) is 13. The number of hydrogen-bond donors (Lipinski definition) is 2. The smallest absolute Gasteiger partial charge is 0.336 e. The van der Waals surface area contributed by atoms with Gasteiger partial charge in [-0.3, -0.25) is 32.9 Å². The fourth-order valence-electron chi connectivity index (χ4n) is 3.43. The third-order valence-corrected chi connectivity index (χ3v) is 6.18. The van der Waals surface area contributed by atoms with E-state index in [2.05, 4.69) is 33.6 Å². The van der Waals surface area contributed by atoms with E-state index in [9.17, 15) is 37.2 Å². The van der Waals surface area contributed by atoms with Crippen LogP contribution in [0, 0.1) is 0 Å². The zero-order valence-electron chi connectivity index (χ0n) is 23.2. The summed E-state index contributed by atoms with van der Waals surface area (Å²) >= 11 is 0. The van der Waals surface area contributed by atoms with Crippen LogP contribution in [0.1, 0.15) is 32.9 Å². The number of esters is 2. The average molecular weight is 616 g/mol. The molecule has 3 aromatic heterocycles. The van der Waals surface area contributed by atoms with Gasteiger partial charge >= 0.3 is 23.3 Å². The molecule has 0 fully saturated rings. The quantitative estimate of drug-likeness (QED) is 0.250. The lowest BCUT2D eigenvalue weighted by molar-refractivity contribution is -0.147. The van der Waals surface area contributed by atoms with Crippen LogP contribution in [0.25, 0.3) is 11.2 Å². The third kappa shape index (κ3) is 8.19. The summed E-state index contributed by atoms with van der Waals surface area (Å²) in [6.45, 7) is 2.88. The summed E-state index contributed by atoms with van der Waals surface area (Å²) in [6, 6.07) is -0.696. The molecule has 42 heavy (non-hydrogen) atoms. The summed E-state index contributed by atoms with van der Waals surface area (Å²) in [5, 5.41) is 0. The molecule has 0 unspecified atom stereocenters. The second-order valence-corrected chi connectivity index (χ2v) is 10.0. The standard InChI is InChI=1S/C10H12N4O4.C7H7N3O2.C5H10O5S.CH4/c1-5(9(16)18-3)14-4-11-7-6(14)8(15)12-10(17)13(7)2;1-10-5-4(2-3-8-5)6(11)9-7(10)12;1-4(5(6)9-2)10-11(3,7)8;/h4-5H,1-3H3,(H,12,15,17);3H,2H2,1H3,(H,9,11,12);4H,1-3H3;1H4/t5-;;4-;/m0.1./s1. The lowest BCUT2D eigenvalue weighted by Crippen LogP contribution is -2.30. The van der Waals surface area contributed by atoms with Gasteiger partial charge in [0.05, 0.1) is 32.4 Å². The monoisotopic (exact) mass is 615 g/mol. The Morgan fingerprint density at radius 2 is 1.50 bits per heavy atom. The van der Waals surface area contributed by atoms with Gasteiger partial charge in [-0.25, -0.2) is 29.2 Å². The molecule has 0 aromatic carbocycles. The molecule has 2 atom stereocenters. The van der Waals surface area contributed by atoms with Crippen molar-refractivity contribution < 1.29 is 31.7 Å².